The fourth-order valence-corrected chi connectivity index (χ4v) is 1.58. The Bertz CT molecular complexity index is 520. The van der Waals surface area contributed by atoms with E-state index >= 15 is 0 Å². The average molecular weight is 349 g/mol. The highest BCUT2D eigenvalue weighted by Crippen LogP contribution is 2.00. The van der Waals surface area contributed by atoms with Crippen LogP contribution < -0.4 is 16.4 Å². The third-order valence-corrected chi connectivity index (χ3v) is 2.79. The molecule has 12 heteroatoms. The number of amides is 2. The molecule has 8 N–H and O–H groups in total. The van der Waals surface area contributed by atoms with Crippen LogP contribution in [0, 0.1) is 0 Å². The first kappa shape index (κ1) is 21.3. The number of carboxylic acid groups (broad SMARTS) is 3. The number of hydrogen-bond acceptors (Lipinski definition) is 7. The highest BCUT2D eigenvalue weighted by molar-refractivity contribution is 5.94. The molecule has 24 heavy (non-hydrogen) atoms. The lowest BCUT2D eigenvalue weighted by molar-refractivity contribution is -0.148. The van der Waals surface area contributed by atoms with Gasteiger partial charge in [-0.05, 0) is 6.92 Å². The molecule has 0 aliphatic carbocycles. The SMILES string of the molecule is C[C@@H](O)[C@H](NC(=O)[C@@H](N)CC(=O)O)C(=O)N[C@@H](CC(=O)O)C(=O)O. The van der Waals surface area contributed by atoms with Crippen molar-refractivity contribution in [1.29, 1.82) is 0 Å². The van der Waals surface area contributed by atoms with Crippen molar-refractivity contribution >= 4 is 29.7 Å². The van der Waals surface area contributed by atoms with Gasteiger partial charge in [-0.15, -0.1) is 0 Å². The van der Waals surface area contributed by atoms with Crippen LogP contribution in [0.2, 0.25) is 0 Å². The molecule has 0 saturated heterocycles. The first-order valence-corrected chi connectivity index (χ1v) is 6.66. The molecule has 0 aliphatic heterocycles. The van der Waals surface area contributed by atoms with Gasteiger partial charge < -0.3 is 36.8 Å². The molecule has 0 saturated carbocycles. The Balaban J connectivity index is 5.00. The molecule has 2 amide bonds. The molecule has 136 valence electrons. The Kier molecular flexibility index (Phi) is 8.35. The minimum atomic E-state index is -1.78. The van der Waals surface area contributed by atoms with E-state index in [4.69, 9.17) is 21.1 Å². The number of carbonyl (C=O) groups excluding carboxylic acids is 2. The van der Waals surface area contributed by atoms with Crippen LogP contribution in [0.5, 0.6) is 0 Å². The number of carboxylic acids is 3. The fraction of sp³-hybridized carbons (Fsp3) is 0.583. The van der Waals surface area contributed by atoms with E-state index in [1.807, 2.05) is 10.6 Å². The van der Waals surface area contributed by atoms with Crippen molar-refractivity contribution in [1.82, 2.24) is 10.6 Å². The van der Waals surface area contributed by atoms with Crippen LogP contribution in [0.3, 0.4) is 0 Å². The normalized spacial score (nSPS) is 15.5. The van der Waals surface area contributed by atoms with Crippen LogP contribution in [-0.2, 0) is 24.0 Å². The monoisotopic (exact) mass is 349 g/mol. The van der Waals surface area contributed by atoms with Crippen LogP contribution in [-0.4, -0.2) is 74.4 Å². The van der Waals surface area contributed by atoms with E-state index in [9.17, 15) is 29.1 Å². The van der Waals surface area contributed by atoms with Crippen LogP contribution >= 0.6 is 0 Å². The molecule has 0 radical (unpaired) electrons. The lowest BCUT2D eigenvalue weighted by atomic mass is 10.1. The van der Waals surface area contributed by atoms with E-state index in [-0.39, 0.29) is 0 Å². The molecule has 0 bridgehead atoms. The summed E-state index contributed by atoms with van der Waals surface area (Å²) in [4.78, 5) is 55.6. The molecular formula is C12H19N3O9. The van der Waals surface area contributed by atoms with E-state index < -0.39 is 66.8 Å². The molecule has 0 spiro atoms. The standard InChI is InChI=1S/C12H19N3O9/c1-4(16)9(15-10(21)5(13)2-7(17)18)11(22)14-6(12(23)24)3-8(19)20/h4-6,9,16H,2-3,13H2,1H3,(H,14,22)(H,15,21)(H,17,18)(H,19,20)(H,23,24)/t4-,5+,6+,9+/m1/s1. The first-order valence-electron chi connectivity index (χ1n) is 6.66. The van der Waals surface area contributed by atoms with Crippen molar-refractivity contribution in [3.05, 3.63) is 0 Å². The molecule has 4 atom stereocenters. The molecule has 0 rings (SSSR count). The Hall–Kier alpha value is -2.73. The Morgan fingerprint density at radius 1 is 0.917 bits per heavy atom. The third-order valence-electron chi connectivity index (χ3n) is 2.79. The summed E-state index contributed by atoms with van der Waals surface area (Å²) < 4.78 is 0. The molecule has 0 aliphatic rings. The van der Waals surface area contributed by atoms with Gasteiger partial charge in [-0.1, -0.05) is 0 Å². The molecule has 12 nitrogen and oxygen atoms in total. The van der Waals surface area contributed by atoms with E-state index in [1.54, 1.807) is 0 Å². The second kappa shape index (κ2) is 9.42. The van der Waals surface area contributed by atoms with Crippen LogP contribution in [0.1, 0.15) is 19.8 Å². The molecule has 0 aromatic rings. The Morgan fingerprint density at radius 3 is 1.79 bits per heavy atom. The van der Waals surface area contributed by atoms with Crippen LogP contribution in [0.4, 0.5) is 0 Å². The van der Waals surface area contributed by atoms with Crippen molar-refractivity contribution < 1.29 is 44.4 Å². The first-order chi connectivity index (χ1) is 11.0. The molecule has 0 aromatic carbocycles. The summed E-state index contributed by atoms with van der Waals surface area (Å²) in [7, 11) is 0. The molecule has 0 unspecified atom stereocenters. The number of aliphatic hydroxyl groups excluding tert-OH is 1. The smallest absolute Gasteiger partial charge is 0.326 e. The van der Waals surface area contributed by atoms with Gasteiger partial charge >= 0.3 is 17.9 Å². The van der Waals surface area contributed by atoms with Gasteiger partial charge in [0.05, 0.1) is 25.0 Å². The number of carbonyl (C=O) groups is 5. The second-order valence-electron chi connectivity index (χ2n) is 4.93. The predicted octanol–water partition coefficient (Wildman–Crippen LogP) is -3.30. The lowest BCUT2D eigenvalue weighted by Crippen LogP contribution is -2.58. The van der Waals surface area contributed by atoms with Crippen molar-refractivity contribution in [2.75, 3.05) is 0 Å². The largest absolute Gasteiger partial charge is 0.481 e. The van der Waals surface area contributed by atoms with Crippen LogP contribution in [0.25, 0.3) is 0 Å². The second-order valence-corrected chi connectivity index (χ2v) is 4.93. The van der Waals surface area contributed by atoms with Crippen molar-refractivity contribution in [3.8, 4) is 0 Å². The highest BCUT2D eigenvalue weighted by atomic mass is 16.4. The number of nitrogens with two attached hydrogens (primary N) is 1. The van der Waals surface area contributed by atoms with Crippen LogP contribution in [0.15, 0.2) is 0 Å². The quantitative estimate of drug-likeness (QED) is 0.208. The van der Waals surface area contributed by atoms with Gasteiger partial charge in [-0.2, -0.15) is 0 Å². The highest BCUT2D eigenvalue weighted by Gasteiger charge is 2.32. The molecular weight excluding hydrogens is 330 g/mol. The summed E-state index contributed by atoms with van der Waals surface area (Å²) in [5.41, 5.74) is 5.30. The lowest BCUT2D eigenvalue weighted by Gasteiger charge is -2.24. The maximum atomic E-state index is 12.0. The number of nitrogens with one attached hydrogen (secondary N) is 2. The van der Waals surface area contributed by atoms with E-state index in [0.29, 0.717) is 0 Å². The summed E-state index contributed by atoms with van der Waals surface area (Å²) in [5, 5.41) is 39.4. The Labute approximate surface area is 135 Å². The minimum Gasteiger partial charge on any atom is -0.481 e. The van der Waals surface area contributed by atoms with Gasteiger partial charge in [0.2, 0.25) is 11.8 Å². The summed E-state index contributed by atoms with van der Waals surface area (Å²) in [6.07, 6.45) is -3.12. The van der Waals surface area contributed by atoms with E-state index in [2.05, 4.69) is 0 Å². The maximum absolute atomic E-state index is 12.0. The van der Waals surface area contributed by atoms with Gasteiger partial charge in [0.15, 0.2) is 0 Å². The maximum Gasteiger partial charge on any atom is 0.326 e. The fourth-order valence-electron chi connectivity index (χ4n) is 1.58. The number of aliphatic hydroxyl groups is 1. The number of aliphatic carboxylic acids is 3. The van der Waals surface area contributed by atoms with Crippen molar-refractivity contribution in [2.24, 2.45) is 5.73 Å². The van der Waals surface area contributed by atoms with E-state index in [1.165, 1.54) is 0 Å². The van der Waals surface area contributed by atoms with Gasteiger partial charge in [0.25, 0.3) is 0 Å². The zero-order chi connectivity index (χ0) is 19.0. The molecule has 0 heterocycles. The Morgan fingerprint density at radius 2 is 1.42 bits per heavy atom. The summed E-state index contributed by atoms with van der Waals surface area (Å²) in [5.74, 6) is -6.67. The summed E-state index contributed by atoms with van der Waals surface area (Å²) >= 11 is 0. The summed E-state index contributed by atoms with van der Waals surface area (Å²) in [6, 6.07) is -4.92. The number of hydrogen-bond donors (Lipinski definition) is 7. The zero-order valence-electron chi connectivity index (χ0n) is 12.6. The van der Waals surface area contributed by atoms with Gasteiger partial charge in [-0.3, -0.25) is 19.2 Å². The van der Waals surface area contributed by atoms with Crippen molar-refractivity contribution in [2.45, 2.75) is 44.0 Å². The molecule has 0 aromatic heterocycles. The van der Waals surface area contributed by atoms with E-state index in [0.717, 1.165) is 6.92 Å². The average Bonchev–Trinajstić information content (AvgIpc) is 2.41. The van der Waals surface area contributed by atoms with Gasteiger partial charge in [0, 0.05) is 0 Å². The van der Waals surface area contributed by atoms with Gasteiger partial charge in [-0.25, -0.2) is 4.79 Å². The number of rotatable bonds is 10. The predicted molar refractivity (Wildman–Crippen MR) is 75.7 cm³/mol. The summed E-state index contributed by atoms with van der Waals surface area (Å²) in [6.45, 7) is 1.11. The molecule has 0 fully saturated rings. The topological polar surface area (TPSA) is 216 Å². The van der Waals surface area contributed by atoms with Crippen molar-refractivity contribution in [3.63, 3.8) is 0 Å². The zero-order valence-corrected chi connectivity index (χ0v) is 12.6. The third kappa shape index (κ3) is 7.51. The van der Waals surface area contributed by atoms with Gasteiger partial charge in [0.1, 0.15) is 12.1 Å². The minimum absolute atomic E-state index is 0.725.